The lowest BCUT2D eigenvalue weighted by Crippen LogP contribution is -2.40. The maximum absolute atomic E-state index is 14.9. The Morgan fingerprint density at radius 1 is 1.14 bits per heavy atom. The van der Waals surface area contributed by atoms with Gasteiger partial charge < -0.3 is 14.2 Å². The molecule has 11 heteroatoms. The molecule has 2 aromatic heterocycles. The average molecular weight is 598 g/mol. The van der Waals surface area contributed by atoms with E-state index in [1.165, 1.54) is 23.3 Å². The predicted molar refractivity (Wildman–Crippen MR) is 155 cm³/mol. The molecule has 0 aliphatic carbocycles. The SMILES string of the molecule is CCOC(=O)C(c1ncn2c1C[C@@H](F)C2)n1cc2c(C(F)F)cc(-c3ccc([C@H]4CCN(CC)C[C@@H]4F)cc3)c(C)c2n1. The third kappa shape index (κ3) is 5.32. The number of carbonyl (C=O) groups is 1. The Bertz CT molecular complexity index is 1630. The van der Waals surface area contributed by atoms with Gasteiger partial charge in [0.15, 0.2) is 6.04 Å². The van der Waals surface area contributed by atoms with Crippen LogP contribution in [0.2, 0.25) is 0 Å². The number of aromatic nitrogens is 4. The number of esters is 1. The molecule has 1 unspecified atom stereocenters. The summed E-state index contributed by atoms with van der Waals surface area (Å²) in [5, 5.41) is 4.86. The lowest BCUT2D eigenvalue weighted by molar-refractivity contribution is -0.146. The van der Waals surface area contributed by atoms with Gasteiger partial charge in [-0.15, -0.1) is 0 Å². The van der Waals surface area contributed by atoms with E-state index in [9.17, 15) is 22.4 Å². The van der Waals surface area contributed by atoms with Crippen LogP contribution in [0.4, 0.5) is 17.6 Å². The number of piperidine rings is 1. The average Bonchev–Trinajstić information content (AvgIpc) is 3.69. The zero-order chi connectivity index (χ0) is 30.4. The fraction of sp³-hybridized carbons (Fsp3) is 0.469. The number of fused-ring (bicyclic) bond motifs is 2. The minimum absolute atomic E-state index is 0.0916. The van der Waals surface area contributed by atoms with Gasteiger partial charge >= 0.3 is 5.97 Å². The molecule has 0 radical (unpaired) electrons. The number of halogens is 4. The zero-order valence-corrected chi connectivity index (χ0v) is 24.4. The van der Waals surface area contributed by atoms with Gasteiger partial charge in [0.1, 0.15) is 12.3 Å². The molecule has 0 spiro atoms. The molecule has 0 saturated carbocycles. The van der Waals surface area contributed by atoms with Crippen molar-refractivity contribution in [2.45, 2.75) is 70.9 Å². The van der Waals surface area contributed by atoms with Crippen molar-refractivity contribution in [3.63, 3.8) is 0 Å². The summed E-state index contributed by atoms with van der Waals surface area (Å²) in [6, 6.07) is 7.76. The Hall–Kier alpha value is -3.73. The normalized spacial score (nSPS) is 21.4. The highest BCUT2D eigenvalue weighted by Crippen LogP contribution is 2.39. The number of rotatable bonds is 8. The van der Waals surface area contributed by atoms with Crippen LogP contribution in [-0.2, 0) is 22.5 Å². The molecule has 1 fully saturated rings. The van der Waals surface area contributed by atoms with Crippen molar-refractivity contribution in [2.75, 3.05) is 26.2 Å². The third-order valence-electron chi connectivity index (χ3n) is 8.88. The Kier molecular flexibility index (Phi) is 8.02. The topological polar surface area (TPSA) is 65.2 Å². The number of benzene rings is 2. The lowest BCUT2D eigenvalue weighted by atomic mass is 9.86. The molecule has 4 atom stereocenters. The highest BCUT2D eigenvalue weighted by Gasteiger charge is 2.35. The van der Waals surface area contributed by atoms with E-state index in [0.29, 0.717) is 40.1 Å². The van der Waals surface area contributed by atoms with Gasteiger partial charge in [-0.1, -0.05) is 31.2 Å². The second-order valence-electron chi connectivity index (χ2n) is 11.4. The van der Waals surface area contributed by atoms with Gasteiger partial charge in [-0.05, 0) is 61.7 Å². The van der Waals surface area contributed by atoms with Gasteiger partial charge in [0.2, 0.25) is 0 Å². The minimum atomic E-state index is -2.81. The number of hydrogen-bond acceptors (Lipinski definition) is 5. The fourth-order valence-electron chi connectivity index (χ4n) is 6.59. The zero-order valence-electron chi connectivity index (χ0n) is 24.4. The molecule has 4 heterocycles. The lowest BCUT2D eigenvalue weighted by Gasteiger charge is -2.34. The highest BCUT2D eigenvalue weighted by atomic mass is 19.3. The van der Waals surface area contributed by atoms with Crippen molar-refractivity contribution >= 4 is 16.9 Å². The third-order valence-corrected chi connectivity index (χ3v) is 8.88. The molecule has 0 amide bonds. The van der Waals surface area contributed by atoms with Crippen LogP contribution in [0.1, 0.15) is 66.7 Å². The predicted octanol–water partition coefficient (Wildman–Crippen LogP) is 6.34. The largest absolute Gasteiger partial charge is 0.464 e. The first-order valence-electron chi connectivity index (χ1n) is 14.8. The first-order valence-corrected chi connectivity index (χ1v) is 14.8. The van der Waals surface area contributed by atoms with Crippen LogP contribution < -0.4 is 0 Å². The molecule has 43 heavy (non-hydrogen) atoms. The summed E-state index contributed by atoms with van der Waals surface area (Å²) < 4.78 is 66.4. The maximum Gasteiger partial charge on any atom is 0.337 e. The summed E-state index contributed by atoms with van der Waals surface area (Å²) in [7, 11) is 0. The summed E-state index contributed by atoms with van der Waals surface area (Å²) in [6.45, 7) is 7.79. The van der Waals surface area contributed by atoms with Gasteiger partial charge in [0.25, 0.3) is 6.43 Å². The van der Waals surface area contributed by atoms with Gasteiger partial charge in [0, 0.05) is 41.7 Å². The number of ether oxygens (including phenoxy) is 1. The molecule has 2 aliphatic heterocycles. The first kappa shape index (κ1) is 29.3. The quantitative estimate of drug-likeness (QED) is 0.175. The van der Waals surface area contributed by atoms with Gasteiger partial charge in [-0.2, -0.15) is 5.10 Å². The summed E-state index contributed by atoms with van der Waals surface area (Å²) in [6.07, 6.45) is -1.15. The van der Waals surface area contributed by atoms with Crippen LogP contribution >= 0.6 is 0 Å². The summed E-state index contributed by atoms with van der Waals surface area (Å²) in [5.41, 5.74) is 3.81. The number of carbonyl (C=O) groups excluding carboxylic acids is 1. The van der Waals surface area contributed by atoms with Crippen LogP contribution in [0.3, 0.4) is 0 Å². The number of hydrogen-bond donors (Lipinski definition) is 0. The smallest absolute Gasteiger partial charge is 0.337 e. The van der Waals surface area contributed by atoms with Crippen LogP contribution in [0.15, 0.2) is 42.9 Å². The van der Waals surface area contributed by atoms with Crippen LogP contribution in [0.5, 0.6) is 0 Å². The van der Waals surface area contributed by atoms with E-state index in [-0.39, 0.29) is 36.4 Å². The van der Waals surface area contributed by atoms with Crippen LogP contribution in [0, 0.1) is 6.92 Å². The Morgan fingerprint density at radius 2 is 1.91 bits per heavy atom. The second-order valence-corrected chi connectivity index (χ2v) is 11.4. The molecule has 6 rings (SSSR count). The molecule has 0 bridgehead atoms. The highest BCUT2D eigenvalue weighted by molar-refractivity contribution is 5.92. The molecule has 228 valence electrons. The van der Waals surface area contributed by atoms with E-state index in [4.69, 9.17) is 4.74 Å². The van der Waals surface area contributed by atoms with Crippen molar-refractivity contribution in [3.05, 3.63) is 70.9 Å². The van der Waals surface area contributed by atoms with Crippen LogP contribution in [-0.4, -0.2) is 68.8 Å². The number of nitrogens with zero attached hydrogens (tertiary/aromatic N) is 5. The first-order chi connectivity index (χ1) is 20.7. The van der Waals surface area contributed by atoms with E-state index >= 15 is 0 Å². The van der Waals surface area contributed by atoms with E-state index in [1.54, 1.807) is 18.4 Å². The standard InChI is InChI=1S/C32H35F4N5O2/c1-4-39-11-10-22(26(34)16-39)19-6-8-20(9-7-19)23-13-24(31(35)36)25-15-41(38-28(25)18(23)3)30(32(42)43-5-2)29-27-12-21(33)14-40(27)17-37-29/h6-9,13,15,17,21-22,26,30-31H,4-5,10-12,14,16H2,1-3H3/t21-,22-,26+,30?/m1/s1. The number of aryl methyl sites for hydroxylation is 1. The Balaban J connectivity index is 1.40. The van der Waals surface area contributed by atoms with Gasteiger partial charge in [-0.3, -0.25) is 4.68 Å². The maximum atomic E-state index is 14.9. The monoisotopic (exact) mass is 597 g/mol. The molecule has 0 N–H and O–H groups in total. The van der Waals surface area contributed by atoms with Crippen molar-refractivity contribution in [1.29, 1.82) is 0 Å². The Labute approximate surface area is 247 Å². The Morgan fingerprint density at radius 3 is 2.58 bits per heavy atom. The van der Waals surface area contributed by atoms with Gasteiger partial charge in [-0.25, -0.2) is 27.3 Å². The molecular weight excluding hydrogens is 562 g/mol. The van der Waals surface area contributed by atoms with Crippen molar-refractivity contribution < 1.29 is 27.1 Å². The van der Waals surface area contributed by atoms with Crippen molar-refractivity contribution in [3.8, 4) is 11.1 Å². The number of imidazole rings is 1. The number of likely N-dealkylation sites (tertiary alicyclic amines) is 1. The molecule has 1 saturated heterocycles. The van der Waals surface area contributed by atoms with Crippen molar-refractivity contribution in [1.82, 2.24) is 24.2 Å². The fourth-order valence-corrected chi connectivity index (χ4v) is 6.59. The van der Waals surface area contributed by atoms with Gasteiger partial charge in [0.05, 0.1) is 30.7 Å². The molecular formula is C32H35F4N5O2. The second kappa shape index (κ2) is 11.7. The van der Waals surface area contributed by atoms with Crippen molar-refractivity contribution in [2.24, 2.45) is 0 Å². The minimum Gasteiger partial charge on any atom is -0.464 e. The van der Waals surface area contributed by atoms with E-state index < -0.39 is 30.8 Å². The van der Waals surface area contributed by atoms with E-state index in [1.807, 2.05) is 31.2 Å². The van der Waals surface area contributed by atoms with E-state index in [2.05, 4.69) is 15.0 Å². The summed E-state index contributed by atoms with van der Waals surface area (Å²) in [4.78, 5) is 19.7. The molecule has 2 aliphatic rings. The summed E-state index contributed by atoms with van der Waals surface area (Å²) in [5.74, 6) is -0.855. The molecule has 7 nitrogen and oxygen atoms in total. The number of alkyl halides is 4. The molecule has 4 aromatic rings. The van der Waals surface area contributed by atoms with Crippen LogP contribution in [0.25, 0.3) is 22.0 Å². The molecule has 2 aromatic carbocycles. The van der Waals surface area contributed by atoms with E-state index in [0.717, 1.165) is 25.1 Å². The summed E-state index contributed by atoms with van der Waals surface area (Å²) >= 11 is 0.